The summed E-state index contributed by atoms with van der Waals surface area (Å²) in [6.07, 6.45) is 1.77. The molecule has 1 atom stereocenters. The second-order valence-electron chi connectivity index (χ2n) is 4.72. The van der Waals surface area contributed by atoms with Gasteiger partial charge in [-0.15, -0.1) is 0 Å². The van der Waals surface area contributed by atoms with Gasteiger partial charge in [-0.1, -0.05) is 47.5 Å². The molecule has 0 fully saturated rings. The lowest BCUT2D eigenvalue weighted by Gasteiger charge is -2.19. The SMILES string of the molecule is NNC(c1cc(Cl)cc(Cl)c1)c1cccc2cccnc12. The summed E-state index contributed by atoms with van der Waals surface area (Å²) < 4.78 is 0. The molecule has 0 aliphatic rings. The molecule has 0 spiro atoms. The lowest BCUT2D eigenvalue weighted by Crippen LogP contribution is -2.29. The van der Waals surface area contributed by atoms with Gasteiger partial charge >= 0.3 is 0 Å². The van der Waals surface area contributed by atoms with Crippen LogP contribution in [0.25, 0.3) is 10.9 Å². The summed E-state index contributed by atoms with van der Waals surface area (Å²) in [7, 11) is 0. The van der Waals surface area contributed by atoms with Crippen LogP contribution in [-0.4, -0.2) is 4.98 Å². The van der Waals surface area contributed by atoms with Gasteiger partial charge in [0.25, 0.3) is 0 Å². The largest absolute Gasteiger partial charge is 0.271 e. The first-order valence-corrected chi connectivity index (χ1v) is 7.20. The van der Waals surface area contributed by atoms with Crippen LogP contribution in [0.2, 0.25) is 10.0 Å². The Kier molecular flexibility index (Phi) is 4.08. The minimum Gasteiger partial charge on any atom is -0.271 e. The standard InChI is InChI=1S/C16H13Cl2N3/c17-12-7-11(8-13(18)9-12)16(21-19)14-5-1-3-10-4-2-6-20-15(10)14/h1-9,16,21H,19H2. The van der Waals surface area contributed by atoms with Crippen molar-refractivity contribution in [1.82, 2.24) is 10.4 Å². The molecule has 5 heteroatoms. The minimum atomic E-state index is -0.236. The maximum atomic E-state index is 6.09. The molecule has 106 valence electrons. The Labute approximate surface area is 132 Å². The molecule has 0 saturated carbocycles. The van der Waals surface area contributed by atoms with Crippen molar-refractivity contribution in [2.24, 2.45) is 5.84 Å². The zero-order valence-electron chi connectivity index (χ0n) is 11.1. The van der Waals surface area contributed by atoms with Crippen LogP contribution >= 0.6 is 23.2 Å². The number of hydrogen-bond donors (Lipinski definition) is 2. The smallest absolute Gasteiger partial charge is 0.0753 e. The van der Waals surface area contributed by atoms with Crippen molar-refractivity contribution in [1.29, 1.82) is 0 Å². The molecule has 2 aromatic carbocycles. The highest BCUT2D eigenvalue weighted by Gasteiger charge is 2.17. The van der Waals surface area contributed by atoms with E-state index in [9.17, 15) is 0 Å². The first-order valence-electron chi connectivity index (χ1n) is 6.45. The number of pyridine rings is 1. The van der Waals surface area contributed by atoms with Gasteiger partial charge in [0.15, 0.2) is 0 Å². The van der Waals surface area contributed by atoms with Crippen LogP contribution in [0.5, 0.6) is 0 Å². The second kappa shape index (κ2) is 6.00. The van der Waals surface area contributed by atoms with Gasteiger partial charge in [0.05, 0.1) is 11.6 Å². The van der Waals surface area contributed by atoms with E-state index in [-0.39, 0.29) is 6.04 Å². The van der Waals surface area contributed by atoms with E-state index in [2.05, 4.69) is 10.4 Å². The second-order valence-corrected chi connectivity index (χ2v) is 5.60. The van der Waals surface area contributed by atoms with Gasteiger partial charge in [-0.05, 0) is 29.8 Å². The molecule has 0 amide bonds. The van der Waals surface area contributed by atoms with Gasteiger partial charge in [0, 0.05) is 27.2 Å². The molecule has 3 rings (SSSR count). The lowest BCUT2D eigenvalue weighted by molar-refractivity contribution is 0.640. The molecule has 3 aromatic rings. The van der Waals surface area contributed by atoms with Gasteiger partial charge in [0.2, 0.25) is 0 Å². The Hall–Kier alpha value is -1.65. The van der Waals surface area contributed by atoms with E-state index in [0.29, 0.717) is 10.0 Å². The number of fused-ring (bicyclic) bond motifs is 1. The van der Waals surface area contributed by atoms with Crippen molar-refractivity contribution in [2.75, 3.05) is 0 Å². The molecule has 3 N–H and O–H groups in total. The van der Waals surface area contributed by atoms with Gasteiger partial charge < -0.3 is 0 Å². The summed E-state index contributed by atoms with van der Waals surface area (Å²) >= 11 is 12.2. The Morgan fingerprint density at radius 1 is 1.00 bits per heavy atom. The quantitative estimate of drug-likeness (QED) is 0.565. The van der Waals surface area contributed by atoms with E-state index in [1.807, 2.05) is 42.5 Å². The molecule has 21 heavy (non-hydrogen) atoms. The maximum absolute atomic E-state index is 6.09. The molecule has 1 aromatic heterocycles. The number of nitrogens with zero attached hydrogens (tertiary/aromatic N) is 1. The minimum absolute atomic E-state index is 0.236. The molecule has 1 unspecified atom stereocenters. The Morgan fingerprint density at radius 2 is 1.71 bits per heavy atom. The molecule has 0 aliphatic carbocycles. The maximum Gasteiger partial charge on any atom is 0.0753 e. The monoisotopic (exact) mass is 317 g/mol. The molecular formula is C16H13Cl2N3. The zero-order chi connectivity index (χ0) is 14.8. The molecule has 1 heterocycles. The number of benzene rings is 2. The number of nitrogens with two attached hydrogens (primary N) is 1. The summed E-state index contributed by atoms with van der Waals surface area (Å²) in [5.41, 5.74) is 5.60. The summed E-state index contributed by atoms with van der Waals surface area (Å²) in [6.45, 7) is 0. The first kappa shape index (κ1) is 14.3. The summed E-state index contributed by atoms with van der Waals surface area (Å²) in [5.74, 6) is 5.76. The van der Waals surface area contributed by atoms with Gasteiger partial charge in [-0.2, -0.15) is 0 Å². The zero-order valence-corrected chi connectivity index (χ0v) is 12.6. The molecule has 0 bridgehead atoms. The average molecular weight is 318 g/mol. The third kappa shape index (κ3) is 2.87. The number of nitrogens with one attached hydrogen (secondary N) is 1. The summed E-state index contributed by atoms with van der Waals surface area (Å²) in [5, 5.41) is 2.21. The normalized spacial score (nSPS) is 12.5. The van der Waals surface area contributed by atoms with Gasteiger partial charge in [-0.25, -0.2) is 5.43 Å². The molecule has 0 aliphatic heterocycles. The number of rotatable bonds is 3. The Morgan fingerprint density at radius 3 is 2.43 bits per heavy atom. The molecule has 0 radical (unpaired) electrons. The van der Waals surface area contributed by atoms with E-state index >= 15 is 0 Å². The fraction of sp³-hybridized carbons (Fsp3) is 0.0625. The van der Waals surface area contributed by atoms with E-state index in [1.54, 1.807) is 12.3 Å². The average Bonchev–Trinajstić information content (AvgIpc) is 2.47. The lowest BCUT2D eigenvalue weighted by atomic mass is 9.97. The number of para-hydroxylation sites is 1. The van der Waals surface area contributed by atoms with Crippen molar-refractivity contribution < 1.29 is 0 Å². The predicted octanol–water partition coefficient (Wildman–Crippen LogP) is 4.09. The van der Waals surface area contributed by atoms with Crippen molar-refractivity contribution in [2.45, 2.75) is 6.04 Å². The van der Waals surface area contributed by atoms with Gasteiger partial charge in [0.1, 0.15) is 0 Å². The third-order valence-corrected chi connectivity index (χ3v) is 3.80. The van der Waals surface area contributed by atoms with E-state index < -0.39 is 0 Å². The highest BCUT2D eigenvalue weighted by atomic mass is 35.5. The Bertz CT molecular complexity index is 764. The topological polar surface area (TPSA) is 50.9 Å². The number of aromatic nitrogens is 1. The summed E-state index contributed by atoms with van der Waals surface area (Å²) in [6, 6.07) is 15.1. The van der Waals surface area contributed by atoms with Crippen molar-refractivity contribution in [3.63, 3.8) is 0 Å². The van der Waals surface area contributed by atoms with Crippen LogP contribution in [0, 0.1) is 0 Å². The molecular weight excluding hydrogens is 305 g/mol. The van der Waals surface area contributed by atoms with E-state index in [4.69, 9.17) is 29.0 Å². The van der Waals surface area contributed by atoms with Gasteiger partial charge in [-0.3, -0.25) is 10.8 Å². The highest BCUT2D eigenvalue weighted by Crippen LogP contribution is 2.30. The van der Waals surface area contributed by atoms with Crippen LogP contribution in [0.1, 0.15) is 17.2 Å². The number of halogens is 2. The van der Waals surface area contributed by atoms with Crippen LogP contribution in [-0.2, 0) is 0 Å². The van der Waals surface area contributed by atoms with Crippen LogP contribution in [0.4, 0.5) is 0 Å². The van der Waals surface area contributed by atoms with E-state index in [0.717, 1.165) is 22.0 Å². The predicted molar refractivity (Wildman–Crippen MR) is 87.4 cm³/mol. The molecule has 0 saturated heterocycles. The number of hydrazine groups is 1. The van der Waals surface area contributed by atoms with Crippen LogP contribution in [0.15, 0.2) is 54.7 Å². The van der Waals surface area contributed by atoms with Crippen LogP contribution < -0.4 is 11.3 Å². The first-order chi connectivity index (χ1) is 10.2. The van der Waals surface area contributed by atoms with Crippen molar-refractivity contribution in [3.8, 4) is 0 Å². The van der Waals surface area contributed by atoms with Crippen LogP contribution in [0.3, 0.4) is 0 Å². The molecule has 3 nitrogen and oxygen atoms in total. The fourth-order valence-corrected chi connectivity index (χ4v) is 3.01. The number of hydrogen-bond acceptors (Lipinski definition) is 3. The van der Waals surface area contributed by atoms with E-state index in [1.165, 1.54) is 0 Å². The fourth-order valence-electron chi connectivity index (χ4n) is 2.47. The van der Waals surface area contributed by atoms with Crippen molar-refractivity contribution >= 4 is 34.1 Å². The Balaban J connectivity index is 2.18. The summed E-state index contributed by atoms with van der Waals surface area (Å²) in [4.78, 5) is 4.46. The highest BCUT2D eigenvalue weighted by molar-refractivity contribution is 6.34. The van der Waals surface area contributed by atoms with Crippen molar-refractivity contribution in [3.05, 3.63) is 75.9 Å². The third-order valence-electron chi connectivity index (χ3n) is 3.36.